The maximum Gasteiger partial charge on any atom is 0.251 e. The van der Waals surface area contributed by atoms with E-state index in [1.54, 1.807) is 31.3 Å². The zero-order valence-electron chi connectivity index (χ0n) is 12.2. The number of amides is 3. The van der Waals surface area contributed by atoms with Gasteiger partial charge in [0.05, 0.1) is 17.5 Å². The fourth-order valence-corrected chi connectivity index (χ4v) is 4.06. The molecule has 1 aromatic rings. The molecule has 1 saturated heterocycles. The van der Waals surface area contributed by atoms with Crippen LogP contribution < -0.4 is 10.2 Å². The minimum Gasteiger partial charge on any atom is -0.355 e. The van der Waals surface area contributed by atoms with Crippen molar-refractivity contribution in [1.82, 2.24) is 5.32 Å². The van der Waals surface area contributed by atoms with Crippen molar-refractivity contribution in [3.63, 3.8) is 0 Å². The summed E-state index contributed by atoms with van der Waals surface area (Å²) in [6, 6.07) is 6.60. The van der Waals surface area contributed by atoms with Crippen molar-refractivity contribution in [3.05, 3.63) is 42.0 Å². The Kier molecular flexibility index (Phi) is 2.73. The lowest BCUT2D eigenvalue weighted by molar-refractivity contribution is -0.123. The van der Waals surface area contributed by atoms with Crippen LogP contribution in [-0.4, -0.2) is 24.8 Å². The van der Waals surface area contributed by atoms with Gasteiger partial charge in [0.2, 0.25) is 11.8 Å². The van der Waals surface area contributed by atoms with Gasteiger partial charge in [-0.25, -0.2) is 0 Å². The van der Waals surface area contributed by atoms with E-state index in [4.69, 9.17) is 0 Å². The second-order valence-corrected chi connectivity index (χ2v) is 6.14. The van der Waals surface area contributed by atoms with Crippen LogP contribution in [-0.2, 0) is 9.59 Å². The molecule has 112 valence electrons. The monoisotopic (exact) mass is 296 g/mol. The van der Waals surface area contributed by atoms with Gasteiger partial charge in [0, 0.05) is 12.6 Å². The van der Waals surface area contributed by atoms with E-state index in [1.807, 2.05) is 0 Å². The topological polar surface area (TPSA) is 66.5 Å². The van der Waals surface area contributed by atoms with E-state index in [0.29, 0.717) is 11.3 Å². The molecule has 0 aromatic heterocycles. The van der Waals surface area contributed by atoms with E-state index in [2.05, 4.69) is 17.5 Å². The summed E-state index contributed by atoms with van der Waals surface area (Å²) in [6.07, 6.45) is 5.08. The maximum atomic E-state index is 12.7. The highest BCUT2D eigenvalue weighted by Gasteiger charge is 2.59. The Morgan fingerprint density at radius 1 is 1.05 bits per heavy atom. The Labute approximate surface area is 128 Å². The third-order valence-corrected chi connectivity index (χ3v) is 5.09. The minimum atomic E-state index is -0.193. The summed E-state index contributed by atoms with van der Waals surface area (Å²) < 4.78 is 0. The summed E-state index contributed by atoms with van der Waals surface area (Å²) in [4.78, 5) is 38.2. The predicted octanol–water partition coefficient (Wildman–Crippen LogP) is 1.36. The van der Waals surface area contributed by atoms with Crippen molar-refractivity contribution in [2.45, 2.75) is 6.42 Å². The van der Waals surface area contributed by atoms with Crippen LogP contribution in [0, 0.1) is 23.7 Å². The summed E-state index contributed by atoms with van der Waals surface area (Å²) in [6.45, 7) is 0. The number of carbonyl (C=O) groups is 3. The van der Waals surface area contributed by atoms with E-state index < -0.39 is 0 Å². The number of hydrogen-bond donors (Lipinski definition) is 1. The molecule has 0 spiro atoms. The average molecular weight is 296 g/mol. The molecule has 4 rings (SSSR count). The minimum absolute atomic E-state index is 0.0976. The van der Waals surface area contributed by atoms with Crippen LogP contribution in [0.15, 0.2) is 36.4 Å². The van der Waals surface area contributed by atoms with Crippen LogP contribution >= 0.6 is 0 Å². The smallest absolute Gasteiger partial charge is 0.251 e. The Hall–Kier alpha value is -2.43. The van der Waals surface area contributed by atoms with Crippen molar-refractivity contribution < 1.29 is 14.4 Å². The quantitative estimate of drug-likeness (QED) is 0.662. The second-order valence-electron chi connectivity index (χ2n) is 6.14. The van der Waals surface area contributed by atoms with E-state index in [-0.39, 0.29) is 41.4 Å². The summed E-state index contributed by atoms with van der Waals surface area (Å²) in [7, 11) is 1.56. The first-order chi connectivity index (χ1) is 10.6. The Morgan fingerprint density at radius 3 is 2.09 bits per heavy atom. The van der Waals surface area contributed by atoms with Crippen LogP contribution in [0.5, 0.6) is 0 Å². The van der Waals surface area contributed by atoms with Gasteiger partial charge in [0.25, 0.3) is 5.91 Å². The number of hydrogen-bond acceptors (Lipinski definition) is 3. The molecule has 1 saturated carbocycles. The molecule has 4 atom stereocenters. The SMILES string of the molecule is CNC(=O)c1ccc(N2C(=O)[C@H]3[C@H](C2=O)[C@H]2C=C[C@@H]3C2)cc1. The molecule has 22 heavy (non-hydrogen) atoms. The molecule has 5 heteroatoms. The summed E-state index contributed by atoms with van der Waals surface area (Å²) in [5.74, 6) is -0.353. The molecule has 2 bridgehead atoms. The molecule has 1 heterocycles. The molecule has 2 fully saturated rings. The Balaban J connectivity index is 1.65. The van der Waals surface area contributed by atoms with Gasteiger partial charge in [0.15, 0.2) is 0 Å². The molecule has 1 aliphatic heterocycles. The number of rotatable bonds is 2. The lowest BCUT2D eigenvalue weighted by Crippen LogP contribution is -2.32. The van der Waals surface area contributed by atoms with Gasteiger partial charge in [-0.05, 0) is 42.5 Å². The molecule has 3 amide bonds. The lowest BCUT2D eigenvalue weighted by atomic mass is 9.85. The predicted molar refractivity (Wildman–Crippen MR) is 80.0 cm³/mol. The number of nitrogens with zero attached hydrogens (tertiary/aromatic N) is 1. The van der Waals surface area contributed by atoms with Gasteiger partial charge >= 0.3 is 0 Å². The highest BCUT2D eigenvalue weighted by Crippen LogP contribution is 2.53. The normalized spacial score (nSPS) is 31.8. The summed E-state index contributed by atoms with van der Waals surface area (Å²) >= 11 is 0. The number of anilines is 1. The third kappa shape index (κ3) is 1.62. The van der Waals surface area contributed by atoms with E-state index in [1.165, 1.54) is 4.90 Å². The van der Waals surface area contributed by atoms with E-state index in [9.17, 15) is 14.4 Å². The number of imide groups is 1. The van der Waals surface area contributed by atoms with Gasteiger partial charge in [0.1, 0.15) is 0 Å². The van der Waals surface area contributed by atoms with Gasteiger partial charge in [-0.2, -0.15) is 0 Å². The van der Waals surface area contributed by atoms with Gasteiger partial charge in [-0.3, -0.25) is 19.3 Å². The van der Waals surface area contributed by atoms with Crippen LogP contribution in [0.25, 0.3) is 0 Å². The molecule has 1 N–H and O–H groups in total. The highest BCUT2D eigenvalue weighted by atomic mass is 16.2. The molecular weight excluding hydrogens is 280 g/mol. The maximum absolute atomic E-state index is 12.7. The standard InChI is InChI=1S/C17H16N2O3/c1-18-15(20)9-4-6-12(7-5-9)19-16(21)13-10-2-3-11(8-10)14(13)17(19)22/h2-7,10-11,13-14H,8H2,1H3,(H,18,20)/t10-,11+,13-,14-/m1/s1. The molecule has 0 unspecified atom stereocenters. The number of carbonyl (C=O) groups excluding carboxylic acids is 3. The highest BCUT2D eigenvalue weighted by molar-refractivity contribution is 6.22. The van der Waals surface area contributed by atoms with Crippen molar-refractivity contribution in [1.29, 1.82) is 0 Å². The number of benzene rings is 1. The van der Waals surface area contributed by atoms with Crippen LogP contribution in [0.1, 0.15) is 16.8 Å². The average Bonchev–Trinajstić information content (AvgIpc) is 3.21. The molecule has 2 aliphatic carbocycles. The van der Waals surface area contributed by atoms with Crippen LogP contribution in [0.4, 0.5) is 5.69 Å². The molecule has 0 radical (unpaired) electrons. The fourth-order valence-electron chi connectivity index (χ4n) is 4.06. The zero-order chi connectivity index (χ0) is 15.4. The molecular formula is C17H16N2O3. The Morgan fingerprint density at radius 2 is 1.59 bits per heavy atom. The molecule has 1 aromatic carbocycles. The van der Waals surface area contributed by atoms with Crippen molar-refractivity contribution in [2.24, 2.45) is 23.7 Å². The van der Waals surface area contributed by atoms with Crippen LogP contribution in [0.3, 0.4) is 0 Å². The fraction of sp³-hybridized carbons (Fsp3) is 0.353. The van der Waals surface area contributed by atoms with Gasteiger partial charge < -0.3 is 5.32 Å². The van der Waals surface area contributed by atoms with Crippen molar-refractivity contribution in [2.75, 3.05) is 11.9 Å². The van der Waals surface area contributed by atoms with Gasteiger partial charge in [-0.1, -0.05) is 12.2 Å². The summed E-state index contributed by atoms with van der Waals surface area (Å²) in [5, 5.41) is 2.55. The third-order valence-electron chi connectivity index (χ3n) is 5.09. The van der Waals surface area contributed by atoms with Crippen molar-refractivity contribution >= 4 is 23.4 Å². The first-order valence-corrected chi connectivity index (χ1v) is 7.50. The zero-order valence-corrected chi connectivity index (χ0v) is 12.2. The second kappa shape index (κ2) is 4.53. The molecule has 5 nitrogen and oxygen atoms in total. The van der Waals surface area contributed by atoms with E-state index >= 15 is 0 Å². The Bertz CT molecular complexity index is 677. The number of nitrogens with one attached hydrogen (secondary N) is 1. The number of allylic oxidation sites excluding steroid dienone is 2. The van der Waals surface area contributed by atoms with Gasteiger partial charge in [-0.15, -0.1) is 0 Å². The van der Waals surface area contributed by atoms with E-state index in [0.717, 1.165) is 6.42 Å². The number of fused-ring (bicyclic) bond motifs is 5. The van der Waals surface area contributed by atoms with Crippen molar-refractivity contribution in [3.8, 4) is 0 Å². The first-order valence-electron chi connectivity index (χ1n) is 7.50. The lowest BCUT2D eigenvalue weighted by Gasteiger charge is -2.17. The summed E-state index contributed by atoms with van der Waals surface area (Å²) in [5.41, 5.74) is 1.06. The molecule has 3 aliphatic rings. The van der Waals surface area contributed by atoms with Crippen LogP contribution in [0.2, 0.25) is 0 Å². The first kappa shape index (κ1) is 13.2. The largest absolute Gasteiger partial charge is 0.355 e.